The van der Waals surface area contributed by atoms with Crippen molar-refractivity contribution in [1.82, 2.24) is 0 Å². The molecule has 2 heterocycles. The summed E-state index contributed by atoms with van der Waals surface area (Å²) in [6, 6.07) is 5.21. The van der Waals surface area contributed by atoms with Crippen molar-refractivity contribution in [2.75, 3.05) is 0 Å². The van der Waals surface area contributed by atoms with E-state index >= 15 is 0 Å². The van der Waals surface area contributed by atoms with E-state index in [4.69, 9.17) is 9.15 Å². The Bertz CT molecular complexity index is 833. The number of ether oxygens (including phenoxy) is 1. The van der Waals surface area contributed by atoms with E-state index in [1.807, 2.05) is 19.9 Å². The van der Waals surface area contributed by atoms with Crippen LogP contribution in [0.5, 0.6) is 5.75 Å². The van der Waals surface area contributed by atoms with Crippen molar-refractivity contribution in [1.29, 1.82) is 0 Å². The van der Waals surface area contributed by atoms with Crippen LogP contribution in [0.15, 0.2) is 39.1 Å². The molecule has 4 nitrogen and oxygen atoms in total. The van der Waals surface area contributed by atoms with Crippen LogP contribution in [0.25, 0.3) is 11.0 Å². The highest BCUT2D eigenvalue weighted by molar-refractivity contribution is 5.84. The minimum atomic E-state index is -0.931. The van der Waals surface area contributed by atoms with Crippen LogP contribution >= 0.6 is 0 Å². The Morgan fingerprint density at radius 2 is 2.13 bits per heavy atom. The first-order valence-electron chi connectivity index (χ1n) is 7.86. The number of aliphatic hydroxyl groups is 1. The number of benzene rings is 1. The quantitative estimate of drug-likeness (QED) is 0.697. The predicted octanol–water partition coefficient (Wildman–Crippen LogP) is 3.38. The van der Waals surface area contributed by atoms with E-state index in [1.54, 1.807) is 19.9 Å². The monoisotopic (exact) mass is 314 g/mol. The molecule has 122 valence electrons. The Morgan fingerprint density at radius 3 is 2.78 bits per heavy atom. The van der Waals surface area contributed by atoms with Gasteiger partial charge in [-0.15, -0.1) is 0 Å². The maximum absolute atomic E-state index is 11.6. The molecular formula is C19H22O4. The Morgan fingerprint density at radius 1 is 1.39 bits per heavy atom. The van der Waals surface area contributed by atoms with Gasteiger partial charge in [-0.1, -0.05) is 11.6 Å². The number of hydrogen-bond donors (Lipinski definition) is 1. The van der Waals surface area contributed by atoms with Gasteiger partial charge >= 0.3 is 5.63 Å². The maximum atomic E-state index is 11.6. The van der Waals surface area contributed by atoms with E-state index in [0.717, 1.165) is 22.3 Å². The highest BCUT2D eigenvalue weighted by Crippen LogP contribution is 2.40. The van der Waals surface area contributed by atoms with E-state index in [1.165, 1.54) is 11.6 Å². The molecule has 0 unspecified atom stereocenters. The highest BCUT2D eigenvalue weighted by Gasteiger charge is 2.36. The van der Waals surface area contributed by atoms with Gasteiger partial charge < -0.3 is 14.3 Å². The first-order valence-corrected chi connectivity index (χ1v) is 7.86. The van der Waals surface area contributed by atoms with E-state index in [9.17, 15) is 9.90 Å². The molecule has 1 aromatic heterocycles. The van der Waals surface area contributed by atoms with E-state index < -0.39 is 5.60 Å². The molecule has 4 heteroatoms. The lowest BCUT2D eigenvalue weighted by atomic mass is 9.95. The third-order valence-corrected chi connectivity index (χ3v) is 4.20. The number of allylic oxidation sites excluding steroid dienone is 2. The molecule has 1 aliphatic heterocycles. The Kier molecular flexibility index (Phi) is 3.80. The third kappa shape index (κ3) is 3.04. The molecule has 0 bridgehead atoms. The first kappa shape index (κ1) is 15.8. The van der Waals surface area contributed by atoms with Crippen LogP contribution in [0.3, 0.4) is 0 Å². The van der Waals surface area contributed by atoms with E-state index in [-0.39, 0.29) is 11.7 Å². The van der Waals surface area contributed by atoms with Crippen molar-refractivity contribution in [2.24, 2.45) is 0 Å². The molecule has 1 N–H and O–H groups in total. The minimum absolute atomic E-state index is 0.300. The van der Waals surface area contributed by atoms with Crippen LogP contribution in [-0.2, 0) is 12.8 Å². The van der Waals surface area contributed by atoms with Crippen LogP contribution < -0.4 is 10.4 Å². The zero-order valence-corrected chi connectivity index (χ0v) is 14.0. The molecule has 3 rings (SSSR count). The lowest BCUT2D eigenvalue weighted by molar-refractivity contribution is -0.0231. The summed E-state index contributed by atoms with van der Waals surface area (Å²) in [7, 11) is 0. The van der Waals surface area contributed by atoms with Gasteiger partial charge in [0.05, 0.1) is 5.60 Å². The van der Waals surface area contributed by atoms with Crippen molar-refractivity contribution in [2.45, 2.75) is 52.2 Å². The van der Waals surface area contributed by atoms with Crippen molar-refractivity contribution < 1.29 is 14.3 Å². The zero-order valence-electron chi connectivity index (χ0n) is 14.0. The fraction of sp³-hybridized carbons (Fsp3) is 0.421. The number of hydrogen-bond acceptors (Lipinski definition) is 4. The standard InChI is InChI=1S/C19H22O4/c1-11(2)5-7-14-17-12(6-8-16(20)23-17)9-13-10-15(19(3,4)21)22-18(13)14/h5-6,8-9,15,21H,7,10H2,1-4H3/t15-/m1/s1. The van der Waals surface area contributed by atoms with Gasteiger partial charge in [0.15, 0.2) is 0 Å². The van der Waals surface area contributed by atoms with Crippen LogP contribution in [0, 0.1) is 0 Å². The molecule has 0 radical (unpaired) electrons. The van der Waals surface area contributed by atoms with Gasteiger partial charge in [-0.3, -0.25) is 0 Å². The van der Waals surface area contributed by atoms with Gasteiger partial charge in [0.1, 0.15) is 17.4 Å². The van der Waals surface area contributed by atoms with Crippen LogP contribution in [0.2, 0.25) is 0 Å². The second-order valence-corrected chi connectivity index (χ2v) is 6.97. The van der Waals surface area contributed by atoms with Gasteiger partial charge in [0.2, 0.25) is 0 Å². The highest BCUT2D eigenvalue weighted by atomic mass is 16.5. The van der Waals surface area contributed by atoms with Gasteiger partial charge in [-0.05, 0) is 51.8 Å². The summed E-state index contributed by atoms with van der Waals surface area (Å²) in [5.41, 5.74) is 2.39. The zero-order chi connectivity index (χ0) is 16.8. The summed E-state index contributed by atoms with van der Waals surface area (Å²) in [5.74, 6) is 0.747. The van der Waals surface area contributed by atoms with Crippen molar-refractivity contribution in [3.8, 4) is 5.75 Å². The summed E-state index contributed by atoms with van der Waals surface area (Å²) in [4.78, 5) is 11.6. The summed E-state index contributed by atoms with van der Waals surface area (Å²) in [5, 5.41) is 11.2. The Balaban J connectivity index is 2.19. The average Bonchev–Trinajstić information content (AvgIpc) is 2.87. The number of fused-ring (bicyclic) bond motifs is 2. The SMILES string of the molecule is CC(C)=CCc1c2c(cc3ccc(=O)oc13)C[C@H](C(C)(C)O)O2. The number of rotatable bonds is 3. The largest absolute Gasteiger partial charge is 0.486 e. The van der Waals surface area contributed by atoms with Gasteiger partial charge in [0, 0.05) is 23.4 Å². The van der Waals surface area contributed by atoms with Crippen molar-refractivity contribution >= 4 is 11.0 Å². The normalized spacial score (nSPS) is 17.0. The molecule has 1 aromatic carbocycles. The fourth-order valence-electron chi connectivity index (χ4n) is 2.89. The summed E-state index contributed by atoms with van der Waals surface area (Å²) >= 11 is 0. The lowest BCUT2D eigenvalue weighted by Crippen LogP contribution is -2.39. The molecule has 1 aliphatic rings. The summed E-state index contributed by atoms with van der Waals surface area (Å²) in [6.07, 6.45) is 3.07. The molecule has 0 saturated carbocycles. The van der Waals surface area contributed by atoms with Crippen LogP contribution in [-0.4, -0.2) is 16.8 Å². The molecule has 0 saturated heterocycles. The van der Waals surface area contributed by atoms with E-state index in [0.29, 0.717) is 18.4 Å². The fourth-order valence-corrected chi connectivity index (χ4v) is 2.89. The summed E-state index contributed by atoms with van der Waals surface area (Å²) < 4.78 is 11.5. The topological polar surface area (TPSA) is 59.7 Å². The van der Waals surface area contributed by atoms with Gasteiger partial charge in [-0.25, -0.2) is 4.79 Å². The summed E-state index contributed by atoms with van der Waals surface area (Å²) in [6.45, 7) is 7.56. The maximum Gasteiger partial charge on any atom is 0.336 e. The average molecular weight is 314 g/mol. The Hall–Kier alpha value is -2.07. The van der Waals surface area contributed by atoms with E-state index in [2.05, 4.69) is 6.08 Å². The van der Waals surface area contributed by atoms with Crippen LogP contribution in [0.1, 0.15) is 38.8 Å². The van der Waals surface area contributed by atoms with Gasteiger partial charge in [-0.2, -0.15) is 0 Å². The van der Waals surface area contributed by atoms with Crippen molar-refractivity contribution in [3.05, 3.63) is 51.4 Å². The molecule has 0 spiro atoms. The first-order chi connectivity index (χ1) is 10.8. The Labute approximate surface area is 135 Å². The molecule has 0 amide bonds. The molecule has 1 atom stereocenters. The van der Waals surface area contributed by atoms with Crippen LogP contribution in [0.4, 0.5) is 0 Å². The van der Waals surface area contributed by atoms with Crippen molar-refractivity contribution in [3.63, 3.8) is 0 Å². The molecule has 0 fully saturated rings. The second-order valence-electron chi connectivity index (χ2n) is 6.97. The molecule has 23 heavy (non-hydrogen) atoms. The molecule has 2 aromatic rings. The molecule has 0 aliphatic carbocycles. The minimum Gasteiger partial charge on any atom is -0.486 e. The predicted molar refractivity (Wildman–Crippen MR) is 90.0 cm³/mol. The molecular weight excluding hydrogens is 292 g/mol. The third-order valence-electron chi connectivity index (χ3n) is 4.20. The smallest absolute Gasteiger partial charge is 0.336 e. The van der Waals surface area contributed by atoms with Gasteiger partial charge in [0.25, 0.3) is 0 Å². The second kappa shape index (κ2) is 5.53. The lowest BCUT2D eigenvalue weighted by Gasteiger charge is -2.24.